The SMILES string of the molecule is COC1(C(O)Cc2c(C)cccc2C)CCCC(C)C1. The second-order valence-electron chi connectivity index (χ2n) is 6.56. The molecule has 0 spiro atoms. The maximum absolute atomic E-state index is 10.8. The zero-order valence-electron chi connectivity index (χ0n) is 13.3. The topological polar surface area (TPSA) is 29.5 Å². The van der Waals surface area contributed by atoms with Gasteiger partial charge in [-0.1, -0.05) is 38.0 Å². The molecule has 0 aliphatic heterocycles. The van der Waals surface area contributed by atoms with Gasteiger partial charge in [0.2, 0.25) is 0 Å². The van der Waals surface area contributed by atoms with Gasteiger partial charge in [0, 0.05) is 13.5 Å². The second kappa shape index (κ2) is 6.28. The fourth-order valence-corrected chi connectivity index (χ4v) is 3.72. The summed E-state index contributed by atoms with van der Waals surface area (Å²) < 4.78 is 5.81. The molecule has 1 aliphatic carbocycles. The summed E-state index contributed by atoms with van der Waals surface area (Å²) in [5.41, 5.74) is 3.44. The Balaban J connectivity index is 2.19. The molecule has 1 aliphatic rings. The molecule has 3 unspecified atom stereocenters. The molecule has 2 heteroatoms. The molecule has 1 aromatic rings. The molecule has 1 saturated carbocycles. The summed E-state index contributed by atoms with van der Waals surface area (Å²) in [6.45, 7) is 6.51. The third-order valence-electron chi connectivity index (χ3n) is 5.05. The molecule has 112 valence electrons. The van der Waals surface area contributed by atoms with Crippen LogP contribution in [0.1, 0.15) is 49.3 Å². The number of hydrogen-bond donors (Lipinski definition) is 1. The van der Waals surface area contributed by atoms with Gasteiger partial charge >= 0.3 is 0 Å². The Kier molecular flexibility index (Phi) is 4.87. The van der Waals surface area contributed by atoms with Crippen LogP contribution in [0.4, 0.5) is 0 Å². The summed E-state index contributed by atoms with van der Waals surface area (Å²) in [7, 11) is 1.76. The van der Waals surface area contributed by atoms with Crippen molar-refractivity contribution < 1.29 is 9.84 Å². The third kappa shape index (κ3) is 3.07. The Hall–Kier alpha value is -0.860. The number of methoxy groups -OCH3 is 1. The van der Waals surface area contributed by atoms with E-state index in [2.05, 4.69) is 39.0 Å². The van der Waals surface area contributed by atoms with Gasteiger partial charge in [0.25, 0.3) is 0 Å². The number of aryl methyl sites for hydroxylation is 2. The molecular formula is C18H28O2. The van der Waals surface area contributed by atoms with Crippen molar-refractivity contribution >= 4 is 0 Å². The summed E-state index contributed by atoms with van der Waals surface area (Å²) in [5.74, 6) is 0.635. The molecule has 0 saturated heterocycles. The van der Waals surface area contributed by atoms with Gasteiger partial charge in [-0.3, -0.25) is 0 Å². The van der Waals surface area contributed by atoms with E-state index in [9.17, 15) is 5.11 Å². The van der Waals surface area contributed by atoms with E-state index in [4.69, 9.17) is 4.74 Å². The average Bonchev–Trinajstić information content (AvgIpc) is 2.42. The van der Waals surface area contributed by atoms with Crippen molar-refractivity contribution in [2.45, 2.75) is 64.6 Å². The molecule has 1 aromatic carbocycles. The largest absolute Gasteiger partial charge is 0.390 e. The van der Waals surface area contributed by atoms with E-state index >= 15 is 0 Å². The lowest BCUT2D eigenvalue weighted by atomic mass is 9.74. The lowest BCUT2D eigenvalue weighted by Gasteiger charge is -2.42. The fourth-order valence-electron chi connectivity index (χ4n) is 3.72. The Morgan fingerprint density at radius 2 is 2.00 bits per heavy atom. The lowest BCUT2D eigenvalue weighted by molar-refractivity contribution is -0.131. The van der Waals surface area contributed by atoms with Crippen LogP contribution < -0.4 is 0 Å². The van der Waals surface area contributed by atoms with Crippen molar-refractivity contribution in [1.29, 1.82) is 0 Å². The minimum absolute atomic E-state index is 0.355. The standard InChI is InChI=1S/C18H28O2/c1-13-7-6-10-18(12-13,20-4)17(19)11-16-14(2)8-5-9-15(16)3/h5,8-9,13,17,19H,6-7,10-12H2,1-4H3. The van der Waals surface area contributed by atoms with E-state index in [1.54, 1.807) is 7.11 Å². The Bertz CT molecular complexity index is 434. The van der Waals surface area contributed by atoms with E-state index < -0.39 is 6.10 Å². The smallest absolute Gasteiger partial charge is 0.0942 e. The quantitative estimate of drug-likeness (QED) is 0.906. The minimum Gasteiger partial charge on any atom is -0.390 e. The summed E-state index contributed by atoms with van der Waals surface area (Å²) in [6, 6.07) is 6.32. The van der Waals surface area contributed by atoms with Gasteiger partial charge in [0.05, 0.1) is 11.7 Å². The van der Waals surface area contributed by atoms with Crippen LogP contribution in [-0.4, -0.2) is 23.9 Å². The van der Waals surface area contributed by atoms with Crippen LogP contribution in [0.15, 0.2) is 18.2 Å². The van der Waals surface area contributed by atoms with Crippen molar-refractivity contribution in [2.75, 3.05) is 7.11 Å². The first kappa shape index (κ1) is 15.5. The number of rotatable bonds is 4. The molecule has 20 heavy (non-hydrogen) atoms. The zero-order valence-corrected chi connectivity index (χ0v) is 13.3. The number of hydrogen-bond acceptors (Lipinski definition) is 2. The maximum atomic E-state index is 10.8. The van der Waals surface area contributed by atoms with Gasteiger partial charge in [0.15, 0.2) is 0 Å². The summed E-state index contributed by atoms with van der Waals surface area (Å²) in [5, 5.41) is 10.8. The van der Waals surface area contributed by atoms with Crippen LogP contribution in [0.2, 0.25) is 0 Å². The van der Waals surface area contributed by atoms with E-state index in [1.165, 1.54) is 23.1 Å². The molecule has 0 bridgehead atoms. The summed E-state index contributed by atoms with van der Waals surface area (Å²) in [4.78, 5) is 0. The Labute approximate surface area is 123 Å². The monoisotopic (exact) mass is 276 g/mol. The minimum atomic E-state index is -0.421. The fraction of sp³-hybridized carbons (Fsp3) is 0.667. The molecule has 0 aromatic heterocycles. The van der Waals surface area contributed by atoms with E-state index in [-0.39, 0.29) is 5.60 Å². The summed E-state index contributed by atoms with van der Waals surface area (Å²) >= 11 is 0. The molecule has 2 rings (SSSR count). The first-order valence-corrected chi connectivity index (χ1v) is 7.77. The van der Waals surface area contributed by atoms with Crippen LogP contribution in [0.25, 0.3) is 0 Å². The highest BCUT2D eigenvalue weighted by atomic mass is 16.5. The van der Waals surface area contributed by atoms with Crippen LogP contribution in [0.5, 0.6) is 0 Å². The third-order valence-corrected chi connectivity index (χ3v) is 5.05. The lowest BCUT2D eigenvalue weighted by Crippen LogP contribution is -2.48. The van der Waals surface area contributed by atoms with E-state index in [0.29, 0.717) is 12.3 Å². The molecule has 0 heterocycles. The highest BCUT2D eigenvalue weighted by Crippen LogP contribution is 2.38. The van der Waals surface area contributed by atoms with E-state index in [1.807, 2.05) is 0 Å². The van der Waals surface area contributed by atoms with Crippen LogP contribution in [0, 0.1) is 19.8 Å². The van der Waals surface area contributed by atoms with Crippen LogP contribution in [-0.2, 0) is 11.2 Å². The Morgan fingerprint density at radius 3 is 2.55 bits per heavy atom. The second-order valence-corrected chi connectivity index (χ2v) is 6.56. The van der Waals surface area contributed by atoms with Crippen molar-refractivity contribution in [3.8, 4) is 0 Å². The van der Waals surface area contributed by atoms with Crippen LogP contribution >= 0.6 is 0 Å². The van der Waals surface area contributed by atoms with Crippen molar-refractivity contribution in [3.63, 3.8) is 0 Å². The molecule has 1 N–H and O–H groups in total. The van der Waals surface area contributed by atoms with Crippen molar-refractivity contribution in [2.24, 2.45) is 5.92 Å². The molecule has 0 amide bonds. The van der Waals surface area contributed by atoms with Gasteiger partial charge in [0.1, 0.15) is 0 Å². The number of aliphatic hydroxyl groups is 1. The molecule has 0 radical (unpaired) electrons. The highest BCUT2D eigenvalue weighted by molar-refractivity contribution is 5.34. The number of aliphatic hydroxyl groups excluding tert-OH is 1. The number of ether oxygens (including phenoxy) is 1. The first-order chi connectivity index (χ1) is 9.48. The predicted octanol–water partition coefficient (Wildman–Crippen LogP) is 3.80. The van der Waals surface area contributed by atoms with Gasteiger partial charge < -0.3 is 9.84 Å². The normalized spacial score (nSPS) is 28.4. The molecule has 1 fully saturated rings. The van der Waals surface area contributed by atoms with E-state index in [0.717, 1.165) is 19.3 Å². The van der Waals surface area contributed by atoms with Gasteiger partial charge in [-0.15, -0.1) is 0 Å². The molecule has 3 atom stereocenters. The highest BCUT2D eigenvalue weighted by Gasteiger charge is 2.41. The molecule has 2 nitrogen and oxygen atoms in total. The zero-order chi connectivity index (χ0) is 14.8. The average molecular weight is 276 g/mol. The van der Waals surface area contributed by atoms with Crippen molar-refractivity contribution in [1.82, 2.24) is 0 Å². The first-order valence-electron chi connectivity index (χ1n) is 7.77. The van der Waals surface area contributed by atoms with Gasteiger partial charge in [-0.25, -0.2) is 0 Å². The van der Waals surface area contributed by atoms with Crippen molar-refractivity contribution in [3.05, 3.63) is 34.9 Å². The van der Waals surface area contributed by atoms with Crippen LogP contribution in [0.3, 0.4) is 0 Å². The Morgan fingerprint density at radius 1 is 1.35 bits per heavy atom. The summed E-state index contributed by atoms with van der Waals surface area (Å²) in [6.07, 6.45) is 4.62. The number of benzene rings is 1. The predicted molar refractivity (Wildman–Crippen MR) is 83.0 cm³/mol. The van der Waals surface area contributed by atoms with Gasteiger partial charge in [-0.2, -0.15) is 0 Å². The van der Waals surface area contributed by atoms with Gasteiger partial charge in [-0.05, 0) is 49.3 Å². The molecular weight excluding hydrogens is 248 g/mol. The maximum Gasteiger partial charge on any atom is 0.0942 e.